The molecule has 0 saturated heterocycles. The van der Waals surface area contributed by atoms with Crippen molar-refractivity contribution in [3.63, 3.8) is 0 Å². The Bertz CT molecular complexity index is 1050. The van der Waals surface area contributed by atoms with Gasteiger partial charge in [0.05, 0.1) is 12.5 Å². The fraction of sp³-hybridized carbons (Fsp3) is 0.217. The number of hydrogen-bond acceptors (Lipinski definition) is 5. The Labute approximate surface area is 179 Å². The van der Waals surface area contributed by atoms with Crippen LogP contribution < -0.4 is 10.6 Å². The van der Waals surface area contributed by atoms with Crippen molar-refractivity contribution in [2.24, 2.45) is 0 Å². The molecule has 0 radical (unpaired) electrons. The van der Waals surface area contributed by atoms with E-state index in [4.69, 9.17) is 4.74 Å². The first-order valence-electron chi connectivity index (χ1n) is 9.72. The molecule has 2 aromatic carbocycles. The number of nitrogens with zero attached hydrogens (tertiary/aromatic N) is 1. The third-order valence-electron chi connectivity index (χ3n) is 4.83. The van der Waals surface area contributed by atoms with Crippen molar-refractivity contribution in [2.75, 3.05) is 19.0 Å². The Morgan fingerprint density at radius 2 is 1.84 bits per heavy atom. The van der Waals surface area contributed by atoms with Crippen molar-refractivity contribution in [3.8, 4) is 0 Å². The summed E-state index contributed by atoms with van der Waals surface area (Å²) in [5.41, 5.74) is 2.57. The van der Waals surface area contributed by atoms with E-state index in [2.05, 4.69) is 10.6 Å². The van der Waals surface area contributed by atoms with Crippen molar-refractivity contribution in [1.82, 2.24) is 10.2 Å². The van der Waals surface area contributed by atoms with Gasteiger partial charge < -0.3 is 20.3 Å². The zero-order valence-corrected chi connectivity index (χ0v) is 17.3. The maximum Gasteiger partial charge on any atom is 0.308 e. The molecule has 8 heteroatoms. The van der Waals surface area contributed by atoms with E-state index < -0.39 is 24.5 Å². The van der Waals surface area contributed by atoms with Gasteiger partial charge in [-0.2, -0.15) is 0 Å². The van der Waals surface area contributed by atoms with Gasteiger partial charge in [0, 0.05) is 31.4 Å². The average Bonchev–Trinajstić information content (AvgIpc) is 2.77. The minimum atomic E-state index is -0.601. The van der Waals surface area contributed by atoms with Crippen LogP contribution in [-0.2, 0) is 19.1 Å². The number of amides is 3. The van der Waals surface area contributed by atoms with E-state index in [-0.39, 0.29) is 18.2 Å². The average molecular weight is 421 g/mol. The van der Waals surface area contributed by atoms with Crippen LogP contribution in [0.15, 0.2) is 54.7 Å². The van der Waals surface area contributed by atoms with Gasteiger partial charge in [0.15, 0.2) is 6.61 Å². The Kier molecular flexibility index (Phi) is 6.81. The second kappa shape index (κ2) is 9.71. The van der Waals surface area contributed by atoms with Crippen molar-refractivity contribution in [3.05, 3.63) is 71.4 Å². The molecule has 31 heavy (non-hydrogen) atoms. The van der Waals surface area contributed by atoms with Gasteiger partial charge in [0.25, 0.3) is 11.8 Å². The van der Waals surface area contributed by atoms with Gasteiger partial charge in [-0.1, -0.05) is 30.3 Å². The van der Waals surface area contributed by atoms with E-state index in [1.807, 2.05) is 30.3 Å². The Morgan fingerprint density at radius 1 is 1.06 bits per heavy atom. The van der Waals surface area contributed by atoms with Gasteiger partial charge in [-0.15, -0.1) is 0 Å². The summed E-state index contributed by atoms with van der Waals surface area (Å²) >= 11 is 0. The van der Waals surface area contributed by atoms with Crippen molar-refractivity contribution < 1.29 is 23.9 Å². The molecule has 8 nitrogen and oxygen atoms in total. The topological polar surface area (TPSA) is 105 Å². The summed E-state index contributed by atoms with van der Waals surface area (Å²) in [5, 5.41) is 5.10. The molecule has 2 aromatic rings. The van der Waals surface area contributed by atoms with E-state index >= 15 is 0 Å². The number of anilines is 1. The van der Waals surface area contributed by atoms with Gasteiger partial charge in [0.2, 0.25) is 5.91 Å². The molecule has 1 aliphatic heterocycles. The number of benzene rings is 2. The predicted molar refractivity (Wildman–Crippen MR) is 115 cm³/mol. The molecule has 0 aliphatic carbocycles. The molecule has 0 fully saturated rings. The molecule has 0 bridgehead atoms. The fourth-order valence-corrected chi connectivity index (χ4v) is 3.36. The zero-order chi connectivity index (χ0) is 22.4. The van der Waals surface area contributed by atoms with Crippen molar-refractivity contribution in [2.45, 2.75) is 19.4 Å². The second-order valence-corrected chi connectivity index (χ2v) is 6.96. The summed E-state index contributed by atoms with van der Waals surface area (Å²) in [7, 11) is 1.51. The van der Waals surface area contributed by atoms with Crippen LogP contribution in [0.5, 0.6) is 0 Å². The first-order chi connectivity index (χ1) is 14.9. The molecule has 1 heterocycles. The number of esters is 1. The van der Waals surface area contributed by atoms with Crippen molar-refractivity contribution in [1.29, 1.82) is 0 Å². The highest BCUT2D eigenvalue weighted by Crippen LogP contribution is 2.33. The van der Waals surface area contributed by atoms with Crippen LogP contribution in [0.25, 0.3) is 6.08 Å². The van der Waals surface area contributed by atoms with E-state index in [1.54, 1.807) is 24.4 Å². The Hall–Kier alpha value is -3.94. The maximum absolute atomic E-state index is 12.4. The molecule has 0 spiro atoms. The SMILES string of the molecule is CNC(=O)c1cccc(NC(=O)COC(=O)C[C@H]2c3ccccc3C=CN2C(C)=O)c1. The largest absolute Gasteiger partial charge is 0.455 e. The van der Waals surface area contributed by atoms with Crippen LogP contribution in [0.2, 0.25) is 0 Å². The van der Waals surface area contributed by atoms with Gasteiger partial charge in [-0.05, 0) is 35.4 Å². The highest BCUT2D eigenvalue weighted by atomic mass is 16.5. The third-order valence-corrected chi connectivity index (χ3v) is 4.83. The molecule has 0 saturated carbocycles. The standard InChI is InChI=1S/C23H23N3O5/c1-15(27)26-11-10-16-6-3-4-9-19(16)20(26)13-22(29)31-14-21(28)25-18-8-5-7-17(12-18)23(30)24-2/h3-12,20H,13-14H2,1-2H3,(H,24,30)(H,25,28)/t20-/m0/s1. The summed E-state index contributed by atoms with van der Waals surface area (Å²) in [5.74, 6) is -1.61. The normalized spacial score (nSPS) is 14.4. The van der Waals surface area contributed by atoms with Gasteiger partial charge in [-0.3, -0.25) is 19.2 Å². The first-order valence-corrected chi connectivity index (χ1v) is 9.72. The van der Waals surface area contributed by atoms with Crippen LogP contribution in [-0.4, -0.2) is 42.2 Å². The van der Waals surface area contributed by atoms with Crippen molar-refractivity contribution >= 4 is 35.5 Å². The number of rotatable bonds is 6. The summed E-state index contributed by atoms with van der Waals surface area (Å²) in [4.78, 5) is 49.7. The highest BCUT2D eigenvalue weighted by Gasteiger charge is 2.28. The molecule has 1 aliphatic rings. The molecular weight excluding hydrogens is 398 g/mol. The smallest absolute Gasteiger partial charge is 0.308 e. The lowest BCUT2D eigenvalue weighted by atomic mass is 9.94. The monoisotopic (exact) mass is 421 g/mol. The second-order valence-electron chi connectivity index (χ2n) is 6.96. The summed E-state index contributed by atoms with van der Waals surface area (Å²) in [6, 6.07) is 13.4. The predicted octanol–water partition coefficient (Wildman–Crippen LogP) is 2.49. The van der Waals surface area contributed by atoms with E-state index in [9.17, 15) is 19.2 Å². The van der Waals surface area contributed by atoms with Gasteiger partial charge in [0.1, 0.15) is 0 Å². The minimum Gasteiger partial charge on any atom is -0.455 e. The quantitative estimate of drug-likeness (QED) is 0.698. The lowest BCUT2D eigenvalue weighted by Crippen LogP contribution is -2.33. The summed E-state index contributed by atoms with van der Waals surface area (Å²) in [6.07, 6.45) is 3.38. The fourth-order valence-electron chi connectivity index (χ4n) is 3.36. The van der Waals surface area contributed by atoms with Crippen LogP contribution >= 0.6 is 0 Å². The molecule has 160 valence electrons. The van der Waals surface area contributed by atoms with Crippen LogP contribution in [0.3, 0.4) is 0 Å². The zero-order valence-electron chi connectivity index (χ0n) is 17.3. The van der Waals surface area contributed by atoms with E-state index in [0.29, 0.717) is 11.3 Å². The molecule has 0 unspecified atom stereocenters. The number of hydrogen-bond donors (Lipinski definition) is 2. The molecule has 1 atom stereocenters. The molecule has 3 amide bonds. The summed E-state index contributed by atoms with van der Waals surface area (Å²) < 4.78 is 5.13. The van der Waals surface area contributed by atoms with Gasteiger partial charge in [-0.25, -0.2) is 0 Å². The Balaban J connectivity index is 1.59. The van der Waals surface area contributed by atoms with Gasteiger partial charge >= 0.3 is 5.97 Å². The highest BCUT2D eigenvalue weighted by molar-refractivity contribution is 5.97. The van der Waals surface area contributed by atoms with Crippen LogP contribution in [0, 0.1) is 0 Å². The molecule has 2 N–H and O–H groups in total. The lowest BCUT2D eigenvalue weighted by molar-refractivity contribution is -0.149. The maximum atomic E-state index is 12.4. The first kappa shape index (κ1) is 21.8. The van der Waals surface area contributed by atoms with Crippen LogP contribution in [0.4, 0.5) is 5.69 Å². The number of ether oxygens (including phenoxy) is 1. The number of fused-ring (bicyclic) bond motifs is 1. The number of nitrogens with one attached hydrogen (secondary N) is 2. The summed E-state index contributed by atoms with van der Waals surface area (Å²) in [6.45, 7) is 0.949. The van der Waals surface area contributed by atoms with E-state index in [1.165, 1.54) is 24.9 Å². The Morgan fingerprint density at radius 3 is 2.58 bits per heavy atom. The lowest BCUT2D eigenvalue weighted by Gasteiger charge is -2.32. The molecule has 3 rings (SSSR count). The molecule has 0 aromatic heterocycles. The minimum absolute atomic E-state index is 0.0830. The van der Waals surface area contributed by atoms with E-state index in [0.717, 1.165) is 11.1 Å². The van der Waals surface area contributed by atoms with Crippen LogP contribution in [0.1, 0.15) is 40.9 Å². The number of carbonyl (C=O) groups excluding carboxylic acids is 4. The third kappa shape index (κ3) is 5.36. The molecular formula is C23H23N3O5. The number of carbonyl (C=O) groups is 4.